The average molecular weight is 447 g/mol. The molecule has 0 fully saturated rings. The molecule has 1 N–H and O–H groups in total. The van der Waals surface area contributed by atoms with Crippen LogP contribution in [0.5, 0.6) is 0 Å². The molecule has 1 amide bonds. The zero-order valence-corrected chi connectivity index (χ0v) is 17.8. The minimum absolute atomic E-state index is 0.172. The van der Waals surface area contributed by atoms with E-state index in [4.69, 9.17) is 4.74 Å². The summed E-state index contributed by atoms with van der Waals surface area (Å²) in [7, 11) is 0. The number of anilines is 1. The van der Waals surface area contributed by atoms with Gasteiger partial charge in [-0.2, -0.15) is 0 Å². The van der Waals surface area contributed by atoms with Gasteiger partial charge in [0.1, 0.15) is 5.00 Å². The van der Waals surface area contributed by atoms with Crippen LogP contribution in [-0.4, -0.2) is 28.3 Å². The molecule has 0 aliphatic heterocycles. The number of nitro groups is 2. The number of esters is 1. The predicted molar refractivity (Wildman–Crippen MR) is 114 cm³/mol. The van der Waals surface area contributed by atoms with E-state index in [1.807, 2.05) is 0 Å². The lowest BCUT2D eigenvalue weighted by Gasteiger charge is -2.20. The highest BCUT2D eigenvalue weighted by Gasteiger charge is 2.30. The van der Waals surface area contributed by atoms with Gasteiger partial charge >= 0.3 is 5.97 Å². The van der Waals surface area contributed by atoms with E-state index in [0.717, 1.165) is 47.9 Å². The van der Waals surface area contributed by atoms with Crippen LogP contribution in [0.2, 0.25) is 0 Å². The Kier molecular flexibility index (Phi) is 6.64. The van der Waals surface area contributed by atoms with Gasteiger partial charge in [-0.25, -0.2) is 4.79 Å². The van der Waals surface area contributed by atoms with E-state index in [-0.39, 0.29) is 12.2 Å². The number of benzene rings is 1. The molecule has 3 rings (SSSR count). The second-order valence-electron chi connectivity index (χ2n) is 7.15. The van der Waals surface area contributed by atoms with Crippen molar-refractivity contribution in [1.29, 1.82) is 0 Å². The Balaban J connectivity index is 1.99. The highest BCUT2D eigenvalue weighted by Crippen LogP contribution is 2.41. The molecule has 1 aliphatic rings. The van der Waals surface area contributed by atoms with Gasteiger partial charge in [0.05, 0.1) is 33.6 Å². The summed E-state index contributed by atoms with van der Waals surface area (Å²) >= 11 is 1.28. The largest absolute Gasteiger partial charge is 0.462 e. The number of carbonyl (C=O) groups excluding carboxylic acids is 2. The molecule has 1 atom stereocenters. The Morgan fingerprint density at radius 3 is 2.35 bits per heavy atom. The van der Waals surface area contributed by atoms with E-state index in [2.05, 4.69) is 12.2 Å². The highest BCUT2D eigenvalue weighted by atomic mass is 32.1. The van der Waals surface area contributed by atoms with Crippen LogP contribution in [0.1, 0.15) is 57.8 Å². The van der Waals surface area contributed by atoms with Gasteiger partial charge in [-0.3, -0.25) is 25.0 Å². The van der Waals surface area contributed by atoms with Gasteiger partial charge in [0, 0.05) is 17.0 Å². The van der Waals surface area contributed by atoms with Gasteiger partial charge in [-0.15, -0.1) is 11.3 Å². The number of amides is 1. The van der Waals surface area contributed by atoms with Crippen LogP contribution < -0.4 is 5.32 Å². The number of rotatable bonds is 7. The number of nitro benzene ring substituents is 2. The van der Waals surface area contributed by atoms with Gasteiger partial charge in [0.2, 0.25) is 0 Å². The van der Waals surface area contributed by atoms with Crippen molar-refractivity contribution in [3.05, 3.63) is 60.0 Å². The van der Waals surface area contributed by atoms with Crippen LogP contribution >= 0.6 is 11.3 Å². The molecule has 1 aliphatic carbocycles. The molecule has 1 aromatic carbocycles. The van der Waals surface area contributed by atoms with E-state index < -0.39 is 33.1 Å². The Morgan fingerprint density at radius 1 is 1.16 bits per heavy atom. The second-order valence-corrected chi connectivity index (χ2v) is 8.26. The zero-order valence-electron chi connectivity index (χ0n) is 17.0. The van der Waals surface area contributed by atoms with Crippen molar-refractivity contribution in [3.8, 4) is 0 Å². The third-order valence-electron chi connectivity index (χ3n) is 5.24. The summed E-state index contributed by atoms with van der Waals surface area (Å²) in [6.07, 6.45) is 3.42. The molecule has 0 radical (unpaired) electrons. The summed E-state index contributed by atoms with van der Waals surface area (Å²) in [6.45, 7) is 3.96. The quantitative estimate of drug-likeness (QED) is 0.374. The first kappa shape index (κ1) is 22.3. The van der Waals surface area contributed by atoms with Gasteiger partial charge in [-0.1, -0.05) is 13.3 Å². The van der Waals surface area contributed by atoms with Crippen LogP contribution in [0.3, 0.4) is 0 Å². The minimum atomic E-state index is -0.803. The van der Waals surface area contributed by atoms with Crippen molar-refractivity contribution in [3.63, 3.8) is 0 Å². The third-order valence-corrected chi connectivity index (χ3v) is 6.41. The van der Waals surface area contributed by atoms with Crippen LogP contribution in [0, 0.1) is 26.1 Å². The van der Waals surface area contributed by atoms with Crippen molar-refractivity contribution in [2.45, 2.75) is 39.5 Å². The molecular formula is C20H21N3O7S. The first-order valence-electron chi connectivity index (χ1n) is 9.81. The van der Waals surface area contributed by atoms with Crippen LogP contribution in [0.25, 0.3) is 0 Å². The van der Waals surface area contributed by atoms with Crippen molar-refractivity contribution in [2.75, 3.05) is 11.9 Å². The molecule has 0 saturated heterocycles. The number of nitrogens with zero attached hydrogens (tertiary/aromatic N) is 2. The lowest BCUT2D eigenvalue weighted by molar-refractivity contribution is -0.394. The van der Waals surface area contributed by atoms with Crippen LogP contribution in [0.15, 0.2) is 18.2 Å². The van der Waals surface area contributed by atoms with Gasteiger partial charge in [0.25, 0.3) is 17.3 Å². The van der Waals surface area contributed by atoms with E-state index >= 15 is 0 Å². The molecule has 31 heavy (non-hydrogen) atoms. The van der Waals surface area contributed by atoms with Crippen molar-refractivity contribution in [2.24, 2.45) is 5.92 Å². The fourth-order valence-electron chi connectivity index (χ4n) is 3.62. The number of carbonyl (C=O) groups is 2. The number of thiophene rings is 1. The molecule has 0 unspecified atom stereocenters. The first-order chi connectivity index (χ1) is 14.7. The number of non-ortho nitro benzene ring substituents is 2. The summed E-state index contributed by atoms with van der Waals surface area (Å²) in [4.78, 5) is 47.0. The summed E-state index contributed by atoms with van der Waals surface area (Å²) < 4.78 is 5.17. The standard InChI is InChI=1S/C20H21N3O7S/c1-3-11-5-6-15-16(7-11)31-19(17(15)20(25)30-4-2)21-18(24)12-8-13(22(26)27)10-14(9-12)23(28)29/h8-11H,3-7H2,1-2H3,(H,21,24)/t11-/m0/s1. The van der Waals surface area contributed by atoms with Crippen molar-refractivity contribution < 1.29 is 24.2 Å². The van der Waals surface area contributed by atoms with E-state index in [9.17, 15) is 29.8 Å². The molecule has 0 spiro atoms. The maximum Gasteiger partial charge on any atom is 0.341 e. The molecule has 0 saturated carbocycles. The lowest BCUT2D eigenvalue weighted by atomic mass is 9.85. The summed E-state index contributed by atoms with van der Waals surface area (Å²) in [5.74, 6) is -0.831. The van der Waals surface area contributed by atoms with Gasteiger partial charge < -0.3 is 10.1 Å². The molecule has 1 aromatic heterocycles. The van der Waals surface area contributed by atoms with Crippen LogP contribution in [-0.2, 0) is 17.6 Å². The summed E-state index contributed by atoms with van der Waals surface area (Å²) in [6, 6.07) is 2.72. The molecule has 0 bridgehead atoms. The van der Waals surface area contributed by atoms with Gasteiger partial charge in [0.15, 0.2) is 0 Å². The number of fused-ring (bicyclic) bond motifs is 1. The molecule has 164 valence electrons. The Hall–Kier alpha value is -3.34. The molecule has 2 aromatic rings. The number of nitrogens with one attached hydrogen (secondary N) is 1. The van der Waals surface area contributed by atoms with E-state index in [1.165, 1.54) is 11.3 Å². The van der Waals surface area contributed by atoms with Crippen molar-refractivity contribution in [1.82, 2.24) is 0 Å². The Labute approximate surface area is 181 Å². The fourth-order valence-corrected chi connectivity index (χ4v) is 4.97. The fraction of sp³-hybridized carbons (Fsp3) is 0.400. The number of hydrogen-bond donors (Lipinski definition) is 1. The van der Waals surface area contributed by atoms with Crippen LogP contribution in [0.4, 0.5) is 16.4 Å². The lowest BCUT2D eigenvalue weighted by Crippen LogP contribution is -2.17. The van der Waals surface area contributed by atoms with E-state index in [1.54, 1.807) is 6.92 Å². The maximum absolute atomic E-state index is 12.8. The molecular weight excluding hydrogens is 426 g/mol. The Morgan fingerprint density at radius 2 is 1.81 bits per heavy atom. The summed E-state index contributed by atoms with van der Waals surface area (Å²) in [5, 5.41) is 25.1. The highest BCUT2D eigenvalue weighted by molar-refractivity contribution is 7.17. The maximum atomic E-state index is 12.8. The number of ether oxygens (including phenoxy) is 1. The third kappa shape index (κ3) is 4.71. The first-order valence-corrected chi connectivity index (χ1v) is 10.6. The zero-order chi connectivity index (χ0) is 22.7. The molecule has 11 heteroatoms. The van der Waals surface area contributed by atoms with Crippen molar-refractivity contribution >= 4 is 39.6 Å². The Bertz CT molecular complexity index is 1030. The topological polar surface area (TPSA) is 142 Å². The monoisotopic (exact) mass is 447 g/mol. The smallest absolute Gasteiger partial charge is 0.341 e. The minimum Gasteiger partial charge on any atom is -0.462 e. The average Bonchev–Trinajstić information content (AvgIpc) is 3.10. The summed E-state index contributed by atoms with van der Waals surface area (Å²) in [5.41, 5.74) is -0.228. The molecule has 10 nitrogen and oxygen atoms in total. The second kappa shape index (κ2) is 9.21. The SMILES string of the molecule is CCOC(=O)c1c(NC(=O)c2cc([N+](=O)[O-])cc([N+](=O)[O-])c2)sc2c1CC[C@H](CC)C2. The van der Waals surface area contributed by atoms with Gasteiger partial charge in [-0.05, 0) is 37.7 Å². The normalized spacial score (nSPS) is 15.1. The molecule has 1 heterocycles. The number of hydrogen-bond acceptors (Lipinski definition) is 8. The predicted octanol–water partition coefficient (Wildman–Crippen LogP) is 4.51. The van der Waals surface area contributed by atoms with E-state index in [0.29, 0.717) is 22.9 Å².